The number of halogens is 1. The van der Waals surface area contributed by atoms with Gasteiger partial charge in [0.2, 0.25) is 21.8 Å². The summed E-state index contributed by atoms with van der Waals surface area (Å²) in [5, 5.41) is 14.1. The lowest BCUT2D eigenvalue weighted by molar-refractivity contribution is -0.384. The smallest absolute Gasteiger partial charge is 0.271 e. The molecule has 0 unspecified atom stereocenters. The third kappa shape index (κ3) is 7.76. The molecule has 0 aromatic heterocycles. The normalized spacial score (nSPS) is 12.9. The Balaban J connectivity index is 2.48. The maximum atomic E-state index is 13.6. The van der Waals surface area contributed by atoms with Gasteiger partial charge in [-0.15, -0.1) is 0 Å². The second-order valence-electron chi connectivity index (χ2n) is 8.64. The van der Waals surface area contributed by atoms with Crippen molar-refractivity contribution in [3.63, 3.8) is 0 Å². The van der Waals surface area contributed by atoms with Gasteiger partial charge in [0.05, 0.1) is 16.9 Å². The van der Waals surface area contributed by atoms with Crippen molar-refractivity contribution in [2.75, 3.05) is 17.1 Å². The molecule has 196 valence electrons. The van der Waals surface area contributed by atoms with E-state index in [1.54, 1.807) is 32.0 Å². The highest BCUT2D eigenvalue weighted by Crippen LogP contribution is 2.28. The Hall–Kier alpha value is -2.99. The van der Waals surface area contributed by atoms with E-state index in [4.69, 9.17) is 0 Å². The zero-order valence-corrected chi connectivity index (χ0v) is 23.3. The van der Waals surface area contributed by atoms with Gasteiger partial charge in [-0.2, -0.15) is 0 Å². The van der Waals surface area contributed by atoms with Gasteiger partial charge in [-0.1, -0.05) is 41.1 Å². The number of nitro groups is 1. The zero-order valence-electron chi connectivity index (χ0n) is 20.9. The van der Waals surface area contributed by atoms with E-state index >= 15 is 0 Å². The number of benzene rings is 2. The number of carbonyl (C=O) groups excluding carboxylic acids is 2. The van der Waals surface area contributed by atoms with Crippen molar-refractivity contribution in [3.05, 3.63) is 68.2 Å². The molecule has 0 radical (unpaired) electrons. The summed E-state index contributed by atoms with van der Waals surface area (Å²) >= 11 is 3.40. The molecule has 0 aliphatic carbocycles. The molecule has 1 N–H and O–H groups in total. The molecule has 0 aliphatic heterocycles. The van der Waals surface area contributed by atoms with E-state index in [1.165, 1.54) is 17.0 Å². The van der Waals surface area contributed by atoms with E-state index < -0.39 is 33.4 Å². The Morgan fingerprint density at radius 3 is 2.39 bits per heavy atom. The summed E-state index contributed by atoms with van der Waals surface area (Å²) in [4.78, 5) is 38.5. The molecule has 2 rings (SSSR count). The zero-order chi connectivity index (χ0) is 27.2. The number of aryl methyl sites for hydroxylation is 1. The fourth-order valence-electron chi connectivity index (χ4n) is 3.45. The minimum atomic E-state index is -4.00. The largest absolute Gasteiger partial charge is 0.352 e. The van der Waals surface area contributed by atoms with Gasteiger partial charge >= 0.3 is 0 Å². The quantitative estimate of drug-likeness (QED) is 0.317. The van der Waals surface area contributed by atoms with Crippen LogP contribution in [-0.2, 0) is 26.2 Å². The minimum absolute atomic E-state index is 0.0270. The Kier molecular flexibility index (Phi) is 10.00. The number of amides is 2. The van der Waals surface area contributed by atoms with Crippen molar-refractivity contribution in [2.45, 2.75) is 52.7 Å². The average molecular weight is 584 g/mol. The first kappa shape index (κ1) is 29.2. The molecule has 12 heteroatoms. The van der Waals surface area contributed by atoms with Crippen LogP contribution in [-0.4, -0.2) is 54.9 Å². The van der Waals surface area contributed by atoms with Gasteiger partial charge in [0.25, 0.3) is 5.69 Å². The Morgan fingerprint density at radius 2 is 1.83 bits per heavy atom. The molecule has 2 aromatic rings. The van der Waals surface area contributed by atoms with Crippen molar-refractivity contribution in [1.29, 1.82) is 0 Å². The van der Waals surface area contributed by atoms with E-state index in [0.29, 0.717) is 12.0 Å². The van der Waals surface area contributed by atoms with Crippen LogP contribution < -0.4 is 9.62 Å². The van der Waals surface area contributed by atoms with Crippen molar-refractivity contribution >= 4 is 49.1 Å². The number of sulfonamides is 1. The van der Waals surface area contributed by atoms with Gasteiger partial charge in [-0.3, -0.25) is 24.0 Å². The van der Waals surface area contributed by atoms with Crippen LogP contribution >= 0.6 is 15.9 Å². The molecule has 36 heavy (non-hydrogen) atoms. The summed E-state index contributed by atoms with van der Waals surface area (Å²) in [7, 11) is -4.00. The molecule has 2 amide bonds. The fraction of sp³-hybridized carbons (Fsp3) is 0.417. The number of hydrogen-bond donors (Lipinski definition) is 1. The Morgan fingerprint density at radius 1 is 1.17 bits per heavy atom. The molecule has 0 heterocycles. The molecular weight excluding hydrogens is 552 g/mol. The summed E-state index contributed by atoms with van der Waals surface area (Å²) in [6.07, 6.45) is 1.63. The first-order chi connectivity index (χ1) is 16.7. The summed E-state index contributed by atoms with van der Waals surface area (Å²) in [5.74, 6) is -0.997. The molecule has 2 aromatic carbocycles. The predicted molar refractivity (Wildman–Crippen MR) is 142 cm³/mol. The van der Waals surface area contributed by atoms with E-state index in [0.717, 1.165) is 26.7 Å². The van der Waals surface area contributed by atoms with Crippen molar-refractivity contribution in [3.8, 4) is 0 Å². The van der Waals surface area contributed by atoms with Crippen molar-refractivity contribution in [2.24, 2.45) is 0 Å². The third-order valence-electron chi connectivity index (χ3n) is 5.76. The van der Waals surface area contributed by atoms with Crippen LogP contribution in [0.2, 0.25) is 0 Å². The lowest BCUT2D eigenvalue weighted by atomic mass is 10.1. The van der Waals surface area contributed by atoms with Crippen LogP contribution in [0.3, 0.4) is 0 Å². The second kappa shape index (κ2) is 12.3. The Labute approximate surface area is 220 Å². The van der Waals surface area contributed by atoms with E-state index in [2.05, 4.69) is 21.2 Å². The lowest BCUT2D eigenvalue weighted by Gasteiger charge is -2.32. The van der Waals surface area contributed by atoms with E-state index in [-0.39, 0.29) is 29.9 Å². The summed E-state index contributed by atoms with van der Waals surface area (Å²) in [5.41, 5.74) is 0.904. The number of nitro benzene ring substituents is 1. The van der Waals surface area contributed by atoms with Gasteiger partial charge in [0.15, 0.2) is 0 Å². The number of anilines is 1. The first-order valence-electron chi connectivity index (χ1n) is 11.3. The van der Waals surface area contributed by atoms with Gasteiger partial charge in [0.1, 0.15) is 12.6 Å². The third-order valence-corrected chi connectivity index (χ3v) is 7.38. The second-order valence-corrected chi connectivity index (χ2v) is 11.5. The number of nitrogens with zero attached hydrogens (tertiary/aromatic N) is 3. The van der Waals surface area contributed by atoms with Crippen LogP contribution in [0.15, 0.2) is 46.9 Å². The van der Waals surface area contributed by atoms with Gasteiger partial charge in [-0.25, -0.2) is 8.42 Å². The fourth-order valence-corrected chi connectivity index (χ4v) is 4.80. The predicted octanol–water partition coefficient (Wildman–Crippen LogP) is 3.76. The van der Waals surface area contributed by atoms with E-state index in [9.17, 15) is 28.1 Å². The van der Waals surface area contributed by atoms with Crippen LogP contribution in [0.5, 0.6) is 0 Å². The molecule has 0 saturated carbocycles. The summed E-state index contributed by atoms with van der Waals surface area (Å²) in [6.45, 7) is 6.38. The highest BCUT2D eigenvalue weighted by atomic mass is 79.9. The Bertz CT molecular complexity index is 1240. The topological polar surface area (TPSA) is 130 Å². The first-order valence-corrected chi connectivity index (χ1v) is 14.0. The molecule has 0 aliphatic rings. The molecule has 10 nitrogen and oxygen atoms in total. The van der Waals surface area contributed by atoms with E-state index in [1.807, 2.05) is 19.9 Å². The molecule has 2 atom stereocenters. The molecule has 0 saturated heterocycles. The maximum Gasteiger partial charge on any atom is 0.271 e. The molecule has 0 bridgehead atoms. The van der Waals surface area contributed by atoms with Crippen molar-refractivity contribution in [1.82, 2.24) is 10.2 Å². The monoisotopic (exact) mass is 582 g/mol. The summed E-state index contributed by atoms with van der Waals surface area (Å²) < 4.78 is 27.1. The molecule has 0 spiro atoms. The number of non-ortho nitro benzene ring substituents is 1. The van der Waals surface area contributed by atoms with Crippen molar-refractivity contribution < 1.29 is 22.9 Å². The highest BCUT2D eigenvalue weighted by Gasteiger charge is 2.31. The van der Waals surface area contributed by atoms with Crippen LogP contribution in [0.1, 0.15) is 38.3 Å². The van der Waals surface area contributed by atoms with Crippen LogP contribution in [0.25, 0.3) is 0 Å². The molecular formula is C24H31BrN4O6S. The van der Waals surface area contributed by atoms with Crippen LogP contribution in [0.4, 0.5) is 11.4 Å². The highest BCUT2D eigenvalue weighted by molar-refractivity contribution is 9.10. The minimum Gasteiger partial charge on any atom is -0.352 e. The average Bonchev–Trinajstić information content (AvgIpc) is 2.80. The van der Waals surface area contributed by atoms with Gasteiger partial charge in [-0.05, 0) is 50.5 Å². The number of nitrogens with one attached hydrogen (secondary N) is 1. The lowest BCUT2D eigenvalue weighted by Crippen LogP contribution is -2.52. The summed E-state index contributed by atoms with van der Waals surface area (Å²) in [6, 6.07) is 10.0. The van der Waals surface area contributed by atoms with Gasteiger partial charge < -0.3 is 10.2 Å². The SMILES string of the molecule is CC[C@H](C)NC(=O)[C@@H](C)N(Cc1cccc(Br)c1)C(=O)CN(c1cc([N+](=O)[O-])ccc1C)S(C)(=O)=O. The van der Waals surface area contributed by atoms with Gasteiger partial charge in [0, 0.05) is 29.2 Å². The molecule has 0 fully saturated rings. The maximum absolute atomic E-state index is 13.6. The number of carbonyl (C=O) groups is 2. The standard InChI is InChI=1S/C24H31BrN4O6S/c1-6-17(3)26-24(31)18(4)27(14-19-8-7-9-20(25)12-19)23(30)15-28(36(5,34)35)22-13-21(29(32)33)11-10-16(22)2/h7-13,17-18H,6,14-15H2,1-5H3,(H,26,31)/t17-,18+/m0/s1. The number of hydrogen-bond acceptors (Lipinski definition) is 6. The van der Waals surface area contributed by atoms with Crippen LogP contribution in [0, 0.1) is 17.0 Å². The number of rotatable bonds is 11.